The topological polar surface area (TPSA) is 28.4 Å². The van der Waals surface area contributed by atoms with Gasteiger partial charge in [0.1, 0.15) is 5.58 Å². The highest BCUT2D eigenvalue weighted by Gasteiger charge is 2.20. The van der Waals surface area contributed by atoms with E-state index in [1.54, 1.807) is 0 Å². The van der Waals surface area contributed by atoms with Crippen LogP contribution < -0.4 is 10.2 Å². The second kappa shape index (κ2) is 14.0. The van der Waals surface area contributed by atoms with Gasteiger partial charge in [-0.2, -0.15) is 0 Å². The van der Waals surface area contributed by atoms with Crippen molar-refractivity contribution in [3.8, 4) is 33.4 Å². The number of para-hydroxylation sites is 3. The maximum atomic E-state index is 6.84. The van der Waals surface area contributed by atoms with Gasteiger partial charge >= 0.3 is 0 Å². The summed E-state index contributed by atoms with van der Waals surface area (Å²) in [5.41, 5.74) is 16.9. The second-order valence-corrected chi connectivity index (χ2v) is 14.1. The Morgan fingerprint density at radius 1 is 0.436 bits per heavy atom. The van der Waals surface area contributed by atoms with Gasteiger partial charge in [0, 0.05) is 39.1 Å². The van der Waals surface area contributed by atoms with Crippen LogP contribution in [0.5, 0.6) is 0 Å². The molecule has 0 saturated heterocycles. The number of hydrogen-bond acceptors (Lipinski definition) is 3. The molecular formula is C52H38N2O. The van der Waals surface area contributed by atoms with Crippen LogP contribution >= 0.6 is 0 Å². The Morgan fingerprint density at radius 2 is 1.00 bits per heavy atom. The maximum absolute atomic E-state index is 6.84. The van der Waals surface area contributed by atoms with Gasteiger partial charge in [0.05, 0.1) is 5.69 Å². The molecule has 0 bridgehead atoms. The van der Waals surface area contributed by atoms with Gasteiger partial charge in [-0.25, -0.2) is 0 Å². The first-order valence-electron chi connectivity index (χ1n) is 19.0. The monoisotopic (exact) mass is 706 g/mol. The molecule has 3 nitrogen and oxygen atoms in total. The number of allylic oxidation sites excluding steroid dienone is 1. The van der Waals surface area contributed by atoms with Gasteiger partial charge in [-0.3, -0.25) is 0 Å². The van der Waals surface area contributed by atoms with E-state index in [-0.39, 0.29) is 0 Å². The quantitative estimate of drug-likeness (QED) is 0.170. The Labute approximate surface area is 321 Å². The summed E-state index contributed by atoms with van der Waals surface area (Å²) in [6, 6.07) is 66.7. The number of furan rings is 1. The van der Waals surface area contributed by atoms with Gasteiger partial charge < -0.3 is 14.6 Å². The first-order valence-corrected chi connectivity index (χ1v) is 19.0. The predicted molar refractivity (Wildman–Crippen MR) is 232 cm³/mol. The fourth-order valence-electron chi connectivity index (χ4n) is 8.03. The Balaban J connectivity index is 0.929. The fourth-order valence-corrected chi connectivity index (χ4v) is 8.03. The lowest BCUT2D eigenvalue weighted by molar-refractivity contribution is 0.670. The molecule has 0 radical (unpaired) electrons. The SMILES string of the molecule is C1=Cc2cccc(-c3ccc(Nc4ccc(-c5ccc(N(c6ccccc6)c6cccc7c6oc6c(-c8ccccc8)cccc67)cc5)cc4)cc3)c2CC1. The van der Waals surface area contributed by atoms with E-state index in [1.807, 2.05) is 6.07 Å². The van der Waals surface area contributed by atoms with Gasteiger partial charge in [0.15, 0.2) is 5.58 Å². The molecule has 0 atom stereocenters. The van der Waals surface area contributed by atoms with Gasteiger partial charge in [0.2, 0.25) is 0 Å². The second-order valence-electron chi connectivity index (χ2n) is 14.1. The fraction of sp³-hybridized carbons (Fsp3) is 0.0385. The zero-order valence-corrected chi connectivity index (χ0v) is 30.3. The number of nitrogens with zero attached hydrogens (tertiary/aromatic N) is 1. The summed E-state index contributed by atoms with van der Waals surface area (Å²) < 4.78 is 6.84. The van der Waals surface area contributed by atoms with Crippen molar-refractivity contribution in [3.63, 3.8) is 0 Å². The third-order valence-corrected chi connectivity index (χ3v) is 10.7. The van der Waals surface area contributed by atoms with E-state index in [4.69, 9.17) is 4.42 Å². The molecule has 0 amide bonds. The van der Waals surface area contributed by atoms with Gasteiger partial charge in [-0.15, -0.1) is 0 Å². The van der Waals surface area contributed by atoms with Crippen molar-refractivity contribution in [2.75, 3.05) is 10.2 Å². The van der Waals surface area contributed by atoms with Crippen LogP contribution in [-0.4, -0.2) is 0 Å². The molecule has 0 fully saturated rings. The van der Waals surface area contributed by atoms with Gasteiger partial charge in [0.25, 0.3) is 0 Å². The molecule has 262 valence electrons. The highest BCUT2D eigenvalue weighted by atomic mass is 16.3. The Morgan fingerprint density at radius 3 is 1.73 bits per heavy atom. The van der Waals surface area contributed by atoms with E-state index in [9.17, 15) is 0 Å². The number of fused-ring (bicyclic) bond motifs is 4. The van der Waals surface area contributed by atoms with Crippen molar-refractivity contribution in [1.82, 2.24) is 0 Å². The molecule has 0 unspecified atom stereocenters. The number of nitrogens with one attached hydrogen (secondary N) is 1. The molecule has 55 heavy (non-hydrogen) atoms. The summed E-state index contributed by atoms with van der Waals surface area (Å²) >= 11 is 0. The molecular weight excluding hydrogens is 669 g/mol. The molecule has 1 aliphatic rings. The standard InChI is InChI=1S/C52H38N2O/c1-3-12-39(13-4-1)47-20-10-21-48-49-22-11-23-50(52(49)55-51(47)48)54(43-16-5-2-6-17-43)44-34-28-37(29-35-44)36-24-30-41(31-25-36)53-42-32-26-40(27-33-42)46-19-9-15-38-14-7-8-18-45(38)46/h1-7,9-17,19-35,53H,8,18H2. The lowest BCUT2D eigenvalue weighted by atomic mass is 9.89. The molecule has 0 saturated carbocycles. The van der Waals surface area contributed by atoms with Crippen LogP contribution in [0.3, 0.4) is 0 Å². The minimum Gasteiger partial charge on any atom is -0.453 e. The molecule has 8 aromatic carbocycles. The number of anilines is 5. The van der Waals surface area contributed by atoms with E-state index in [0.717, 1.165) is 85.5 Å². The summed E-state index contributed by atoms with van der Waals surface area (Å²) in [5.74, 6) is 0. The van der Waals surface area contributed by atoms with Crippen LogP contribution in [0.2, 0.25) is 0 Å². The molecule has 0 aliphatic heterocycles. The van der Waals surface area contributed by atoms with Crippen LogP contribution in [0.1, 0.15) is 17.5 Å². The zero-order chi connectivity index (χ0) is 36.6. The molecule has 3 heteroatoms. The van der Waals surface area contributed by atoms with Crippen molar-refractivity contribution >= 4 is 56.5 Å². The Hall–Kier alpha value is -7.10. The lowest BCUT2D eigenvalue weighted by Gasteiger charge is -2.25. The van der Waals surface area contributed by atoms with Crippen molar-refractivity contribution in [1.29, 1.82) is 0 Å². The lowest BCUT2D eigenvalue weighted by Crippen LogP contribution is -2.10. The molecule has 1 N–H and O–H groups in total. The van der Waals surface area contributed by atoms with Crippen molar-refractivity contribution < 1.29 is 4.42 Å². The summed E-state index contributed by atoms with van der Waals surface area (Å²) in [4.78, 5) is 2.29. The molecule has 1 aliphatic carbocycles. The molecule has 0 spiro atoms. The van der Waals surface area contributed by atoms with E-state index in [1.165, 1.54) is 22.3 Å². The predicted octanol–water partition coefficient (Wildman–Crippen LogP) is 14.8. The van der Waals surface area contributed by atoms with E-state index >= 15 is 0 Å². The highest BCUT2D eigenvalue weighted by Crippen LogP contribution is 2.44. The minimum absolute atomic E-state index is 0.864. The Kier molecular flexibility index (Phi) is 8.31. The molecule has 1 heterocycles. The summed E-state index contributed by atoms with van der Waals surface area (Å²) in [6.07, 6.45) is 6.72. The third-order valence-electron chi connectivity index (χ3n) is 10.7. The van der Waals surface area contributed by atoms with Crippen molar-refractivity contribution in [2.45, 2.75) is 12.8 Å². The Bertz CT molecular complexity index is 2800. The summed E-state index contributed by atoms with van der Waals surface area (Å²) in [5, 5.41) is 5.80. The number of rotatable bonds is 8. The van der Waals surface area contributed by atoms with Crippen molar-refractivity contribution in [3.05, 3.63) is 205 Å². The smallest absolute Gasteiger partial charge is 0.159 e. The molecule has 9 aromatic rings. The normalized spacial score (nSPS) is 12.1. The van der Waals surface area contributed by atoms with Crippen LogP contribution in [0.25, 0.3) is 61.4 Å². The van der Waals surface area contributed by atoms with Crippen LogP contribution in [0, 0.1) is 0 Å². The van der Waals surface area contributed by atoms with E-state index < -0.39 is 0 Å². The average molecular weight is 707 g/mol. The van der Waals surface area contributed by atoms with E-state index in [2.05, 4.69) is 204 Å². The average Bonchev–Trinajstić information content (AvgIpc) is 3.65. The minimum atomic E-state index is 0.864. The summed E-state index contributed by atoms with van der Waals surface area (Å²) in [6.45, 7) is 0. The zero-order valence-electron chi connectivity index (χ0n) is 30.3. The first-order chi connectivity index (χ1) is 27.3. The van der Waals surface area contributed by atoms with Gasteiger partial charge in [-0.1, -0.05) is 146 Å². The number of benzene rings is 8. The maximum Gasteiger partial charge on any atom is 0.159 e. The third kappa shape index (κ3) is 6.16. The first kappa shape index (κ1) is 32.5. The summed E-state index contributed by atoms with van der Waals surface area (Å²) in [7, 11) is 0. The molecule has 1 aromatic heterocycles. The van der Waals surface area contributed by atoms with Gasteiger partial charge in [-0.05, 0) is 106 Å². The van der Waals surface area contributed by atoms with Crippen LogP contribution in [0.15, 0.2) is 199 Å². The van der Waals surface area contributed by atoms with Crippen molar-refractivity contribution in [2.24, 2.45) is 0 Å². The number of hydrogen-bond donors (Lipinski definition) is 1. The van der Waals surface area contributed by atoms with Crippen LogP contribution in [-0.2, 0) is 6.42 Å². The van der Waals surface area contributed by atoms with Crippen LogP contribution in [0.4, 0.5) is 28.4 Å². The largest absolute Gasteiger partial charge is 0.453 e. The van der Waals surface area contributed by atoms with E-state index in [0.29, 0.717) is 0 Å². The highest BCUT2D eigenvalue weighted by molar-refractivity contribution is 6.13. The molecule has 10 rings (SSSR count).